The van der Waals surface area contributed by atoms with Gasteiger partial charge in [0.05, 0.1) is 0 Å². The molecule has 1 aliphatic carbocycles. The topological polar surface area (TPSA) is 78.4 Å². The Kier molecular flexibility index (Phi) is 5.95. The lowest BCUT2D eigenvalue weighted by Gasteiger charge is -2.26. The third kappa shape index (κ3) is 5.38. The van der Waals surface area contributed by atoms with E-state index < -0.39 is 18.0 Å². The number of carboxylic acid groups (broad SMARTS) is 1. The molecule has 2 amide bonds. The minimum absolute atomic E-state index is 0.395. The number of hydrogen-bond acceptors (Lipinski definition) is 2. The second-order valence-corrected chi connectivity index (χ2v) is 5.39. The van der Waals surface area contributed by atoms with Gasteiger partial charge in [0, 0.05) is 6.54 Å². The Morgan fingerprint density at radius 1 is 1.39 bits per heavy atom. The van der Waals surface area contributed by atoms with Crippen molar-refractivity contribution in [2.24, 2.45) is 11.8 Å². The fourth-order valence-electron chi connectivity index (χ4n) is 2.52. The van der Waals surface area contributed by atoms with Crippen molar-refractivity contribution < 1.29 is 14.7 Å². The zero-order valence-electron chi connectivity index (χ0n) is 11.2. The fraction of sp³-hybridized carbons (Fsp3) is 0.846. The molecule has 3 atom stereocenters. The van der Waals surface area contributed by atoms with Gasteiger partial charge in [0.2, 0.25) is 0 Å². The Bertz CT molecular complexity index is 294. The number of rotatable bonds is 5. The van der Waals surface area contributed by atoms with Crippen LogP contribution in [0, 0.1) is 11.8 Å². The number of aliphatic carboxylic acids is 1. The van der Waals surface area contributed by atoms with E-state index in [1.807, 2.05) is 0 Å². The molecule has 0 aromatic rings. The van der Waals surface area contributed by atoms with Crippen LogP contribution in [0.15, 0.2) is 0 Å². The number of carboxylic acids is 1. The van der Waals surface area contributed by atoms with Crippen molar-refractivity contribution in [1.29, 1.82) is 0 Å². The van der Waals surface area contributed by atoms with Crippen LogP contribution in [0.25, 0.3) is 0 Å². The van der Waals surface area contributed by atoms with Gasteiger partial charge in [-0.05, 0) is 31.6 Å². The maximum atomic E-state index is 11.4. The van der Waals surface area contributed by atoms with Gasteiger partial charge in [-0.2, -0.15) is 0 Å². The summed E-state index contributed by atoms with van der Waals surface area (Å²) in [5.41, 5.74) is 0. The van der Waals surface area contributed by atoms with Crippen LogP contribution >= 0.6 is 0 Å². The van der Waals surface area contributed by atoms with Gasteiger partial charge in [0.1, 0.15) is 6.04 Å². The molecule has 5 heteroatoms. The lowest BCUT2D eigenvalue weighted by atomic mass is 9.81. The highest BCUT2D eigenvalue weighted by Crippen LogP contribution is 2.30. The number of carbonyl (C=O) groups is 2. The average molecular weight is 256 g/mol. The van der Waals surface area contributed by atoms with Gasteiger partial charge in [0.25, 0.3) is 0 Å². The Morgan fingerprint density at radius 3 is 2.72 bits per heavy atom. The summed E-state index contributed by atoms with van der Waals surface area (Å²) < 4.78 is 0. The van der Waals surface area contributed by atoms with Crippen molar-refractivity contribution in [3.63, 3.8) is 0 Å². The molecular formula is C13H24N2O3. The SMILES string of the molecule is CC1CCCC(CCNC(=O)N[C@H](C)C(=O)O)C1. The van der Waals surface area contributed by atoms with E-state index >= 15 is 0 Å². The Balaban J connectivity index is 2.13. The van der Waals surface area contributed by atoms with E-state index in [0.29, 0.717) is 12.5 Å². The second-order valence-electron chi connectivity index (χ2n) is 5.39. The normalized spacial score (nSPS) is 25.2. The molecule has 18 heavy (non-hydrogen) atoms. The van der Waals surface area contributed by atoms with Gasteiger partial charge in [-0.3, -0.25) is 4.79 Å². The minimum Gasteiger partial charge on any atom is -0.480 e. The van der Waals surface area contributed by atoms with Crippen LogP contribution in [0.2, 0.25) is 0 Å². The first-order valence-corrected chi connectivity index (χ1v) is 6.76. The van der Waals surface area contributed by atoms with Crippen LogP contribution in [0.3, 0.4) is 0 Å². The summed E-state index contributed by atoms with van der Waals surface area (Å²) in [5.74, 6) is 0.474. The first-order valence-electron chi connectivity index (χ1n) is 6.76. The Labute approximate surface area is 108 Å². The van der Waals surface area contributed by atoms with Crippen molar-refractivity contribution in [2.75, 3.05) is 6.54 Å². The van der Waals surface area contributed by atoms with Gasteiger partial charge in [-0.15, -0.1) is 0 Å². The minimum atomic E-state index is -1.02. The highest BCUT2D eigenvalue weighted by Gasteiger charge is 2.19. The number of urea groups is 1. The molecular weight excluding hydrogens is 232 g/mol. The molecule has 0 saturated heterocycles. The smallest absolute Gasteiger partial charge is 0.325 e. The van der Waals surface area contributed by atoms with E-state index in [9.17, 15) is 9.59 Å². The van der Waals surface area contributed by atoms with Gasteiger partial charge >= 0.3 is 12.0 Å². The van der Waals surface area contributed by atoms with Gasteiger partial charge in [-0.1, -0.05) is 26.2 Å². The summed E-state index contributed by atoms with van der Waals surface area (Å²) in [4.78, 5) is 21.9. The first kappa shape index (κ1) is 14.8. The highest BCUT2D eigenvalue weighted by atomic mass is 16.4. The van der Waals surface area contributed by atoms with Crippen LogP contribution < -0.4 is 10.6 Å². The van der Waals surface area contributed by atoms with E-state index in [4.69, 9.17) is 5.11 Å². The van der Waals surface area contributed by atoms with Crippen LogP contribution in [0.5, 0.6) is 0 Å². The van der Waals surface area contributed by atoms with E-state index in [0.717, 1.165) is 12.3 Å². The Hall–Kier alpha value is -1.26. The molecule has 3 N–H and O–H groups in total. The van der Waals surface area contributed by atoms with Crippen LogP contribution in [-0.2, 0) is 4.79 Å². The van der Waals surface area contributed by atoms with Gasteiger partial charge in [-0.25, -0.2) is 4.79 Å². The monoisotopic (exact) mass is 256 g/mol. The molecule has 2 unspecified atom stereocenters. The summed E-state index contributed by atoms with van der Waals surface area (Å²) in [5, 5.41) is 13.7. The summed E-state index contributed by atoms with van der Waals surface area (Å²) in [6.07, 6.45) is 6.09. The predicted octanol–water partition coefficient (Wildman–Crippen LogP) is 1.98. The standard InChI is InChI=1S/C13H24N2O3/c1-9-4-3-5-11(8-9)6-7-14-13(18)15-10(2)12(16)17/h9-11H,3-8H2,1-2H3,(H,16,17)(H2,14,15,18)/t9?,10-,11?/m1/s1. The largest absolute Gasteiger partial charge is 0.480 e. The molecule has 1 rings (SSSR count). The molecule has 0 radical (unpaired) electrons. The van der Waals surface area contributed by atoms with Crippen molar-refractivity contribution in [2.45, 2.75) is 52.0 Å². The molecule has 104 valence electrons. The zero-order valence-corrected chi connectivity index (χ0v) is 11.2. The summed E-state index contributed by atoms with van der Waals surface area (Å²) >= 11 is 0. The third-order valence-corrected chi connectivity index (χ3v) is 3.60. The number of amides is 2. The number of hydrogen-bond donors (Lipinski definition) is 3. The maximum Gasteiger partial charge on any atom is 0.325 e. The van der Waals surface area contributed by atoms with E-state index in [1.165, 1.54) is 32.6 Å². The number of nitrogens with one attached hydrogen (secondary N) is 2. The fourth-order valence-corrected chi connectivity index (χ4v) is 2.52. The van der Waals surface area contributed by atoms with Crippen molar-refractivity contribution >= 4 is 12.0 Å². The molecule has 0 aromatic heterocycles. The molecule has 5 nitrogen and oxygen atoms in total. The molecule has 1 aliphatic rings. The van der Waals surface area contributed by atoms with Crippen LogP contribution in [-0.4, -0.2) is 29.7 Å². The molecule has 0 aromatic carbocycles. The van der Waals surface area contributed by atoms with E-state index in [2.05, 4.69) is 17.6 Å². The van der Waals surface area contributed by atoms with Crippen molar-refractivity contribution in [1.82, 2.24) is 10.6 Å². The zero-order chi connectivity index (χ0) is 13.5. The quantitative estimate of drug-likeness (QED) is 0.703. The molecule has 1 fully saturated rings. The predicted molar refractivity (Wildman–Crippen MR) is 69.4 cm³/mol. The van der Waals surface area contributed by atoms with Crippen molar-refractivity contribution in [3.05, 3.63) is 0 Å². The number of carbonyl (C=O) groups excluding carboxylic acids is 1. The first-order chi connectivity index (χ1) is 8.49. The van der Waals surface area contributed by atoms with E-state index in [1.54, 1.807) is 0 Å². The lowest BCUT2D eigenvalue weighted by Crippen LogP contribution is -2.44. The van der Waals surface area contributed by atoms with Crippen LogP contribution in [0.1, 0.15) is 46.0 Å². The highest BCUT2D eigenvalue weighted by molar-refractivity contribution is 5.82. The van der Waals surface area contributed by atoms with Gasteiger partial charge in [0.15, 0.2) is 0 Å². The molecule has 1 saturated carbocycles. The maximum absolute atomic E-state index is 11.4. The summed E-state index contributed by atoms with van der Waals surface area (Å²) in [6.45, 7) is 4.35. The molecule has 0 aliphatic heterocycles. The molecule has 0 bridgehead atoms. The lowest BCUT2D eigenvalue weighted by molar-refractivity contribution is -0.138. The van der Waals surface area contributed by atoms with Crippen molar-refractivity contribution in [3.8, 4) is 0 Å². The molecule has 0 heterocycles. The summed E-state index contributed by atoms with van der Waals surface area (Å²) in [7, 11) is 0. The second kappa shape index (κ2) is 7.24. The Morgan fingerprint density at radius 2 is 2.11 bits per heavy atom. The van der Waals surface area contributed by atoms with Crippen LogP contribution in [0.4, 0.5) is 4.79 Å². The summed E-state index contributed by atoms with van der Waals surface area (Å²) in [6, 6.07) is -1.24. The van der Waals surface area contributed by atoms with E-state index in [-0.39, 0.29) is 0 Å². The average Bonchev–Trinajstić information content (AvgIpc) is 2.28. The third-order valence-electron chi connectivity index (χ3n) is 3.60. The van der Waals surface area contributed by atoms with Gasteiger partial charge < -0.3 is 15.7 Å². The molecule has 0 spiro atoms.